The van der Waals surface area contributed by atoms with Crippen LogP contribution < -0.4 is 4.90 Å². The van der Waals surface area contributed by atoms with Crippen molar-refractivity contribution < 1.29 is 6.85 Å². The first kappa shape index (κ1) is 27.7. The van der Waals surface area contributed by atoms with Gasteiger partial charge in [0.25, 0.3) is 0 Å². The lowest BCUT2D eigenvalue weighted by Gasteiger charge is -2.32. The van der Waals surface area contributed by atoms with Crippen molar-refractivity contribution in [2.24, 2.45) is 0 Å². The molecule has 1 aliphatic rings. The fourth-order valence-electron chi connectivity index (χ4n) is 8.69. The van der Waals surface area contributed by atoms with E-state index in [1.54, 1.807) is 12.1 Å². The fourth-order valence-corrected chi connectivity index (χ4v) is 8.69. The van der Waals surface area contributed by atoms with E-state index < -0.39 is 18.1 Å². The van der Waals surface area contributed by atoms with Gasteiger partial charge in [0.1, 0.15) is 0 Å². The molecule has 12 rings (SSSR count). The van der Waals surface area contributed by atoms with Crippen molar-refractivity contribution >= 4 is 60.7 Å². The topological polar surface area (TPSA) is 46.8 Å². The lowest BCUT2D eigenvalue weighted by atomic mass is 9.90. The summed E-state index contributed by atoms with van der Waals surface area (Å²) in [7, 11) is 0. The van der Waals surface area contributed by atoms with Gasteiger partial charge in [-0.15, -0.1) is 0 Å². The molecule has 1 aliphatic heterocycles. The van der Waals surface area contributed by atoms with Crippen molar-refractivity contribution in [3.8, 4) is 50.7 Å². The van der Waals surface area contributed by atoms with Crippen LogP contribution in [-0.2, 0) is 0 Å². The fraction of sp³-hybridized carbons (Fsp3) is 0. The number of hydrogen-bond donors (Lipinski definition) is 0. The number of rotatable bonds is 5. The molecule has 5 nitrogen and oxygen atoms in total. The molecule has 0 unspecified atom stereocenters. The Morgan fingerprint density at radius 1 is 0.414 bits per heavy atom. The van der Waals surface area contributed by atoms with E-state index in [1.807, 2.05) is 42.5 Å². The second-order valence-corrected chi connectivity index (χ2v) is 14.5. The minimum absolute atomic E-state index is 0.107. The molecule has 2 aromatic heterocycles. The van der Waals surface area contributed by atoms with Gasteiger partial charge >= 0.3 is 0 Å². The maximum Gasteiger partial charge on any atom is 0.238 e. The van der Waals surface area contributed by atoms with Crippen LogP contribution in [0.3, 0.4) is 0 Å². The highest BCUT2D eigenvalue weighted by Gasteiger charge is 2.30. The van der Waals surface area contributed by atoms with Crippen LogP contribution in [0.5, 0.6) is 0 Å². The quantitative estimate of drug-likeness (QED) is 0.176. The van der Waals surface area contributed by atoms with Crippen LogP contribution in [-0.4, -0.2) is 19.5 Å². The summed E-state index contributed by atoms with van der Waals surface area (Å²) in [6.45, 7) is 0. The highest BCUT2D eigenvalue weighted by Crippen LogP contribution is 2.51. The van der Waals surface area contributed by atoms with Gasteiger partial charge in [-0.25, -0.2) is 4.98 Å². The standard InChI is InChI=1S/C53H33N5/c1-3-15-34(16-4-1)36-21-11-22-39(31-36)51-54-52(43-27-14-30-47-50(43)42-25-9-10-28-45(42)57(47)40-23-5-2-6-24-40)56-53(55-51)58-46-29-13-20-35-19-12-26-41(49(35)46)44-32-37-17-7-8-18-38(37)33-48(44)58/h1-33H/i1D,3D,4D,15D,16D. The molecule has 0 spiro atoms. The molecule has 0 amide bonds. The smallest absolute Gasteiger partial charge is 0.238 e. The first-order valence-electron chi connectivity index (χ1n) is 21.7. The Kier molecular flexibility index (Phi) is 6.12. The summed E-state index contributed by atoms with van der Waals surface area (Å²) in [5.41, 5.74) is 9.09. The molecule has 0 N–H and O–H groups in total. The van der Waals surface area contributed by atoms with Crippen LogP contribution in [0.15, 0.2) is 200 Å². The molecule has 270 valence electrons. The molecule has 0 bridgehead atoms. The molecule has 0 radical (unpaired) electrons. The van der Waals surface area contributed by atoms with Crippen LogP contribution in [0.25, 0.3) is 94.1 Å². The van der Waals surface area contributed by atoms with Crippen molar-refractivity contribution in [3.05, 3.63) is 200 Å². The Morgan fingerprint density at radius 3 is 1.97 bits per heavy atom. The molecule has 0 fully saturated rings. The molecule has 3 heterocycles. The van der Waals surface area contributed by atoms with Gasteiger partial charge < -0.3 is 4.57 Å². The average molecular weight is 745 g/mol. The summed E-state index contributed by atoms with van der Waals surface area (Å²) in [5, 5.41) is 6.41. The highest BCUT2D eigenvalue weighted by molar-refractivity contribution is 6.17. The third kappa shape index (κ3) is 5.00. The number of fused-ring (bicyclic) bond motifs is 6. The Balaban J connectivity index is 1.17. The zero-order chi connectivity index (χ0) is 42.5. The lowest BCUT2D eigenvalue weighted by Crippen LogP contribution is -2.19. The number of anilines is 3. The molecule has 0 saturated carbocycles. The molecule has 9 aromatic carbocycles. The molecular weight excluding hydrogens is 707 g/mol. The second-order valence-electron chi connectivity index (χ2n) is 14.5. The van der Waals surface area contributed by atoms with Gasteiger partial charge in [-0.2, -0.15) is 9.97 Å². The van der Waals surface area contributed by atoms with Crippen molar-refractivity contribution in [1.29, 1.82) is 0 Å². The molecule has 0 atom stereocenters. The second kappa shape index (κ2) is 12.8. The third-order valence-corrected chi connectivity index (χ3v) is 11.2. The van der Waals surface area contributed by atoms with Crippen molar-refractivity contribution in [1.82, 2.24) is 19.5 Å². The molecule has 0 aliphatic carbocycles. The molecule has 58 heavy (non-hydrogen) atoms. The molecule has 11 aromatic rings. The van der Waals surface area contributed by atoms with E-state index in [2.05, 4.69) is 125 Å². The minimum atomic E-state index is -0.439. The van der Waals surface area contributed by atoms with Gasteiger partial charge in [0.2, 0.25) is 5.95 Å². The van der Waals surface area contributed by atoms with Crippen molar-refractivity contribution in [3.63, 3.8) is 0 Å². The number of para-hydroxylation sites is 2. The third-order valence-electron chi connectivity index (χ3n) is 11.2. The average Bonchev–Trinajstić information content (AvgIpc) is 3.67. The van der Waals surface area contributed by atoms with E-state index in [0.717, 1.165) is 77.1 Å². The van der Waals surface area contributed by atoms with Gasteiger partial charge in [-0.05, 0) is 81.4 Å². The number of benzene rings is 9. The predicted molar refractivity (Wildman–Crippen MR) is 239 cm³/mol. The number of nitrogens with zero attached hydrogens (tertiary/aromatic N) is 5. The zero-order valence-corrected chi connectivity index (χ0v) is 30.9. The summed E-state index contributed by atoms with van der Waals surface area (Å²) in [6.07, 6.45) is 0. The van der Waals surface area contributed by atoms with E-state index in [9.17, 15) is 0 Å². The van der Waals surface area contributed by atoms with Crippen LogP contribution >= 0.6 is 0 Å². The Labute approximate surface area is 341 Å². The van der Waals surface area contributed by atoms with E-state index >= 15 is 0 Å². The van der Waals surface area contributed by atoms with Gasteiger partial charge in [0.05, 0.1) is 29.3 Å². The summed E-state index contributed by atoms with van der Waals surface area (Å²) < 4.78 is 44.9. The Morgan fingerprint density at radius 2 is 1.09 bits per heavy atom. The van der Waals surface area contributed by atoms with Crippen molar-refractivity contribution in [2.45, 2.75) is 0 Å². The summed E-state index contributed by atoms with van der Waals surface area (Å²) in [6, 6.07) is 55.9. The predicted octanol–water partition coefficient (Wildman–Crippen LogP) is 13.7. The maximum absolute atomic E-state index is 8.79. The van der Waals surface area contributed by atoms with Crippen LogP contribution in [0.1, 0.15) is 6.85 Å². The maximum atomic E-state index is 8.79. The lowest BCUT2D eigenvalue weighted by molar-refractivity contribution is 1.03. The van der Waals surface area contributed by atoms with Crippen LogP contribution in [0.2, 0.25) is 0 Å². The monoisotopic (exact) mass is 744 g/mol. The zero-order valence-electron chi connectivity index (χ0n) is 35.9. The molecule has 5 heteroatoms. The summed E-state index contributed by atoms with van der Waals surface area (Å²) >= 11 is 0. The van der Waals surface area contributed by atoms with Crippen LogP contribution in [0, 0.1) is 0 Å². The SMILES string of the molecule is [2H]c1c([2H])c([2H])c(-c2cccc(-c3nc(-c4cccc5c4c4ccccc4n5-c4ccccc4)nc(N4c5cc6ccccc6cc5-c5cccc6cccc4c56)n3)c2)c([2H])c1[2H]. The first-order valence-corrected chi connectivity index (χ1v) is 19.2. The van der Waals surface area contributed by atoms with Gasteiger partial charge in [-0.3, -0.25) is 4.90 Å². The summed E-state index contributed by atoms with van der Waals surface area (Å²) in [4.78, 5) is 18.2. The normalized spacial score (nSPS) is 13.3. The van der Waals surface area contributed by atoms with Crippen molar-refractivity contribution in [2.75, 3.05) is 4.90 Å². The Hall–Kier alpha value is -7.89. The summed E-state index contributed by atoms with van der Waals surface area (Å²) in [5.74, 6) is 1.23. The number of aromatic nitrogens is 4. The molecule has 0 saturated heterocycles. The first-order chi connectivity index (χ1) is 30.8. The van der Waals surface area contributed by atoms with Gasteiger partial charge in [-0.1, -0.05) is 152 Å². The van der Waals surface area contributed by atoms with Gasteiger partial charge in [0, 0.05) is 38.5 Å². The van der Waals surface area contributed by atoms with E-state index in [1.165, 1.54) is 0 Å². The van der Waals surface area contributed by atoms with Crippen LogP contribution in [0.4, 0.5) is 17.3 Å². The number of hydrogen-bond acceptors (Lipinski definition) is 4. The van der Waals surface area contributed by atoms with Gasteiger partial charge in [0.15, 0.2) is 11.6 Å². The van der Waals surface area contributed by atoms with E-state index in [-0.39, 0.29) is 17.6 Å². The Bertz CT molecular complexity index is 3680. The van der Waals surface area contributed by atoms with E-state index in [4.69, 9.17) is 21.8 Å². The largest absolute Gasteiger partial charge is 0.309 e. The molecular formula is C53H33N5. The minimum Gasteiger partial charge on any atom is -0.309 e. The highest BCUT2D eigenvalue weighted by atomic mass is 15.3. The van der Waals surface area contributed by atoms with E-state index in [0.29, 0.717) is 28.7 Å².